The third kappa shape index (κ3) is 3.63. The second-order valence-electron chi connectivity index (χ2n) is 3.58. The van der Waals surface area contributed by atoms with E-state index in [2.05, 4.69) is 9.88 Å². The number of aryl methyl sites for hydroxylation is 1. The molecule has 6 nitrogen and oxygen atoms in total. The lowest BCUT2D eigenvalue weighted by molar-refractivity contribution is 0.318. The Morgan fingerprint density at radius 3 is 2.65 bits per heavy atom. The highest BCUT2D eigenvalue weighted by atomic mass is 32.2. The molecule has 1 aromatic carbocycles. The molecule has 94 valence electrons. The zero-order valence-corrected chi connectivity index (χ0v) is 10.5. The fourth-order valence-corrected chi connectivity index (χ4v) is 1.99. The predicted octanol–water partition coefficient (Wildman–Crippen LogP) is 0.715. The summed E-state index contributed by atoms with van der Waals surface area (Å²) in [5.74, 6) is -0.0656. The molecule has 0 fully saturated rings. The standard InChI is InChI=1S/C10H15N3O3S/c1-3-7-4-5-8(10(11)12-14)6-9(7)13-17(2,15)16/h4-6,13-14H,3H2,1-2H3,(H2,11,12). The van der Waals surface area contributed by atoms with Crippen LogP contribution in [-0.4, -0.2) is 25.7 Å². The van der Waals surface area contributed by atoms with E-state index in [4.69, 9.17) is 10.9 Å². The maximum atomic E-state index is 11.2. The van der Waals surface area contributed by atoms with Gasteiger partial charge in [0.25, 0.3) is 0 Å². The van der Waals surface area contributed by atoms with Crippen LogP contribution in [0.4, 0.5) is 5.69 Å². The molecule has 0 aliphatic rings. The molecule has 0 atom stereocenters. The number of rotatable bonds is 4. The average Bonchev–Trinajstić information content (AvgIpc) is 2.25. The fourth-order valence-electron chi connectivity index (χ4n) is 1.40. The summed E-state index contributed by atoms with van der Waals surface area (Å²) in [5, 5.41) is 11.4. The summed E-state index contributed by atoms with van der Waals surface area (Å²) >= 11 is 0. The first-order valence-electron chi connectivity index (χ1n) is 4.96. The van der Waals surface area contributed by atoms with E-state index in [1.165, 1.54) is 6.07 Å². The highest BCUT2D eigenvalue weighted by Crippen LogP contribution is 2.19. The zero-order valence-electron chi connectivity index (χ0n) is 9.64. The summed E-state index contributed by atoms with van der Waals surface area (Å²) in [5.41, 5.74) is 7.18. The molecule has 0 saturated heterocycles. The molecular weight excluding hydrogens is 242 g/mol. The van der Waals surface area contributed by atoms with Crippen molar-refractivity contribution in [2.75, 3.05) is 11.0 Å². The molecule has 1 aromatic rings. The number of sulfonamides is 1. The first kappa shape index (κ1) is 13.3. The lowest BCUT2D eigenvalue weighted by Crippen LogP contribution is -2.16. The van der Waals surface area contributed by atoms with Crippen LogP contribution in [0.3, 0.4) is 0 Å². The molecule has 0 aliphatic carbocycles. The van der Waals surface area contributed by atoms with Crippen LogP contribution in [0.1, 0.15) is 18.1 Å². The van der Waals surface area contributed by atoms with E-state index in [1.807, 2.05) is 6.92 Å². The quantitative estimate of drug-likeness (QED) is 0.320. The molecular formula is C10H15N3O3S. The molecule has 7 heteroatoms. The van der Waals surface area contributed by atoms with Crippen molar-refractivity contribution >= 4 is 21.5 Å². The SMILES string of the molecule is CCc1ccc(/C(N)=N\O)cc1NS(C)(=O)=O. The van der Waals surface area contributed by atoms with Crippen LogP contribution in [0.5, 0.6) is 0 Å². The van der Waals surface area contributed by atoms with Crippen LogP contribution in [0, 0.1) is 0 Å². The van der Waals surface area contributed by atoms with E-state index in [1.54, 1.807) is 12.1 Å². The van der Waals surface area contributed by atoms with Crippen molar-refractivity contribution in [3.8, 4) is 0 Å². The van der Waals surface area contributed by atoms with Gasteiger partial charge in [0.1, 0.15) is 0 Å². The molecule has 0 spiro atoms. The van der Waals surface area contributed by atoms with Gasteiger partial charge in [0.15, 0.2) is 5.84 Å². The first-order valence-corrected chi connectivity index (χ1v) is 6.85. The number of amidine groups is 1. The Hall–Kier alpha value is -1.76. The zero-order chi connectivity index (χ0) is 13.1. The maximum absolute atomic E-state index is 11.2. The van der Waals surface area contributed by atoms with Gasteiger partial charge in [0.2, 0.25) is 10.0 Å². The van der Waals surface area contributed by atoms with Crippen LogP contribution in [0.2, 0.25) is 0 Å². The molecule has 0 aliphatic heterocycles. The Bertz CT molecular complexity index is 538. The van der Waals surface area contributed by atoms with Crippen molar-refractivity contribution in [1.29, 1.82) is 0 Å². The van der Waals surface area contributed by atoms with Crippen molar-refractivity contribution in [3.05, 3.63) is 29.3 Å². The Kier molecular flexibility index (Phi) is 3.95. The van der Waals surface area contributed by atoms with Crippen molar-refractivity contribution in [2.24, 2.45) is 10.9 Å². The molecule has 0 aromatic heterocycles. The Balaban J connectivity index is 3.25. The Morgan fingerprint density at radius 1 is 1.53 bits per heavy atom. The Morgan fingerprint density at radius 2 is 2.18 bits per heavy atom. The molecule has 0 bridgehead atoms. The van der Waals surface area contributed by atoms with E-state index in [9.17, 15) is 8.42 Å². The summed E-state index contributed by atoms with van der Waals surface area (Å²) < 4.78 is 24.8. The summed E-state index contributed by atoms with van der Waals surface area (Å²) in [6, 6.07) is 4.94. The van der Waals surface area contributed by atoms with Gasteiger partial charge in [-0.3, -0.25) is 4.72 Å². The molecule has 17 heavy (non-hydrogen) atoms. The minimum atomic E-state index is -3.35. The van der Waals surface area contributed by atoms with Gasteiger partial charge in [0, 0.05) is 5.56 Å². The fraction of sp³-hybridized carbons (Fsp3) is 0.300. The third-order valence-corrected chi connectivity index (χ3v) is 2.78. The molecule has 0 amide bonds. The summed E-state index contributed by atoms with van der Waals surface area (Å²) in [6.45, 7) is 1.91. The van der Waals surface area contributed by atoms with E-state index in [0.29, 0.717) is 17.7 Å². The third-order valence-electron chi connectivity index (χ3n) is 2.19. The second kappa shape index (κ2) is 5.05. The molecule has 1 rings (SSSR count). The first-order chi connectivity index (χ1) is 7.87. The van der Waals surface area contributed by atoms with Crippen LogP contribution < -0.4 is 10.5 Å². The van der Waals surface area contributed by atoms with Gasteiger partial charge in [-0.1, -0.05) is 24.2 Å². The van der Waals surface area contributed by atoms with Crippen LogP contribution in [0.15, 0.2) is 23.4 Å². The van der Waals surface area contributed by atoms with E-state index in [-0.39, 0.29) is 5.84 Å². The number of nitrogens with two attached hydrogens (primary N) is 1. The number of nitrogens with zero attached hydrogens (tertiary/aromatic N) is 1. The van der Waals surface area contributed by atoms with E-state index in [0.717, 1.165) is 11.8 Å². The summed E-state index contributed by atoms with van der Waals surface area (Å²) in [7, 11) is -3.35. The van der Waals surface area contributed by atoms with E-state index >= 15 is 0 Å². The minimum absolute atomic E-state index is 0.0656. The molecule has 0 unspecified atom stereocenters. The van der Waals surface area contributed by atoms with E-state index < -0.39 is 10.0 Å². The number of hydrogen-bond acceptors (Lipinski definition) is 4. The predicted molar refractivity (Wildman–Crippen MR) is 66.8 cm³/mol. The smallest absolute Gasteiger partial charge is 0.229 e. The minimum Gasteiger partial charge on any atom is -0.409 e. The van der Waals surface area contributed by atoms with Crippen molar-refractivity contribution in [3.63, 3.8) is 0 Å². The van der Waals surface area contributed by atoms with Gasteiger partial charge in [0.05, 0.1) is 11.9 Å². The average molecular weight is 257 g/mol. The van der Waals surface area contributed by atoms with Gasteiger partial charge in [-0.15, -0.1) is 0 Å². The van der Waals surface area contributed by atoms with Gasteiger partial charge in [-0.25, -0.2) is 8.42 Å². The molecule has 0 heterocycles. The monoisotopic (exact) mass is 257 g/mol. The summed E-state index contributed by atoms with van der Waals surface area (Å²) in [6.07, 6.45) is 1.75. The number of hydrogen-bond donors (Lipinski definition) is 3. The maximum Gasteiger partial charge on any atom is 0.229 e. The van der Waals surface area contributed by atoms with Crippen LogP contribution in [0.25, 0.3) is 0 Å². The lowest BCUT2D eigenvalue weighted by atomic mass is 10.1. The summed E-state index contributed by atoms with van der Waals surface area (Å²) in [4.78, 5) is 0. The van der Waals surface area contributed by atoms with Crippen molar-refractivity contribution < 1.29 is 13.6 Å². The Labute approximate surface area is 100 Å². The van der Waals surface area contributed by atoms with Gasteiger partial charge < -0.3 is 10.9 Å². The van der Waals surface area contributed by atoms with Crippen molar-refractivity contribution in [1.82, 2.24) is 0 Å². The molecule has 0 radical (unpaired) electrons. The number of benzene rings is 1. The van der Waals surface area contributed by atoms with Crippen molar-refractivity contribution in [2.45, 2.75) is 13.3 Å². The molecule has 4 N–H and O–H groups in total. The topological polar surface area (TPSA) is 105 Å². The highest BCUT2D eigenvalue weighted by Gasteiger charge is 2.09. The van der Waals surface area contributed by atoms with Gasteiger partial charge in [-0.05, 0) is 18.1 Å². The number of nitrogens with one attached hydrogen (secondary N) is 1. The molecule has 0 saturated carbocycles. The number of oxime groups is 1. The normalized spacial score (nSPS) is 12.5. The number of anilines is 1. The lowest BCUT2D eigenvalue weighted by Gasteiger charge is -2.11. The van der Waals surface area contributed by atoms with Gasteiger partial charge >= 0.3 is 0 Å². The largest absolute Gasteiger partial charge is 0.409 e. The second-order valence-corrected chi connectivity index (χ2v) is 5.33. The highest BCUT2D eigenvalue weighted by molar-refractivity contribution is 7.92. The van der Waals surface area contributed by atoms with Gasteiger partial charge in [-0.2, -0.15) is 0 Å². The van der Waals surface area contributed by atoms with Crippen LogP contribution >= 0.6 is 0 Å². The van der Waals surface area contributed by atoms with Crippen LogP contribution in [-0.2, 0) is 16.4 Å².